The van der Waals surface area contributed by atoms with Crippen molar-refractivity contribution in [3.8, 4) is 5.75 Å². The second kappa shape index (κ2) is 5.62. The van der Waals surface area contributed by atoms with Crippen molar-refractivity contribution in [3.63, 3.8) is 0 Å². The molecule has 1 atom stereocenters. The predicted octanol–water partition coefficient (Wildman–Crippen LogP) is 2.33. The quantitative estimate of drug-likeness (QED) is 0.871. The molecule has 0 bridgehead atoms. The van der Waals surface area contributed by atoms with Gasteiger partial charge < -0.3 is 15.7 Å². The van der Waals surface area contributed by atoms with Crippen molar-refractivity contribution in [1.82, 2.24) is 4.90 Å². The minimum Gasteiger partial charge on any atom is -0.508 e. The van der Waals surface area contributed by atoms with Crippen LogP contribution in [0.5, 0.6) is 5.75 Å². The molecule has 1 aromatic carbocycles. The van der Waals surface area contributed by atoms with E-state index in [4.69, 9.17) is 5.73 Å². The molecule has 0 saturated carbocycles. The fourth-order valence-corrected chi connectivity index (χ4v) is 2.75. The average molecular weight is 277 g/mol. The second-order valence-electron chi connectivity index (χ2n) is 6.68. The van der Waals surface area contributed by atoms with Gasteiger partial charge in [-0.25, -0.2) is 0 Å². The van der Waals surface area contributed by atoms with E-state index >= 15 is 0 Å². The minimum atomic E-state index is -0.137. The normalized spacial score (nSPS) is 19.1. The van der Waals surface area contributed by atoms with Crippen molar-refractivity contribution >= 4 is 5.69 Å². The van der Waals surface area contributed by atoms with Crippen LogP contribution in [0, 0.1) is 0 Å². The Labute approximate surface area is 122 Å². The molecule has 1 fully saturated rings. The number of anilines is 1. The molecular formula is C16H27N3O. The first-order valence-corrected chi connectivity index (χ1v) is 7.37. The Bertz CT molecular complexity index is 457. The lowest BCUT2D eigenvalue weighted by molar-refractivity contribution is 0.128. The summed E-state index contributed by atoms with van der Waals surface area (Å²) in [7, 11) is 0. The highest BCUT2D eigenvalue weighted by Gasteiger charge is 2.26. The number of benzene rings is 1. The molecule has 1 aliphatic rings. The monoisotopic (exact) mass is 277 g/mol. The molecule has 1 heterocycles. The summed E-state index contributed by atoms with van der Waals surface area (Å²) in [5, 5.41) is 10.1. The molecular weight excluding hydrogens is 250 g/mol. The topological polar surface area (TPSA) is 52.7 Å². The summed E-state index contributed by atoms with van der Waals surface area (Å²) in [4.78, 5) is 4.83. The summed E-state index contributed by atoms with van der Waals surface area (Å²) in [5.41, 5.74) is 7.95. The number of hydrogen-bond acceptors (Lipinski definition) is 4. The van der Waals surface area contributed by atoms with Crippen molar-refractivity contribution in [2.75, 3.05) is 31.1 Å². The van der Waals surface area contributed by atoms with Gasteiger partial charge in [0.2, 0.25) is 0 Å². The van der Waals surface area contributed by atoms with Crippen LogP contribution in [-0.4, -0.2) is 41.7 Å². The minimum absolute atomic E-state index is 0.137. The first kappa shape index (κ1) is 15.1. The van der Waals surface area contributed by atoms with E-state index in [0.717, 1.165) is 37.4 Å². The number of phenols is 1. The first-order chi connectivity index (χ1) is 9.29. The molecule has 112 valence electrons. The maximum Gasteiger partial charge on any atom is 0.122 e. The summed E-state index contributed by atoms with van der Waals surface area (Å²) >= 11 is 0. The van der Waals surface area contributed by atoms with Crippen molar-refractivity contribution in [2.24, 2.45) is 5.73 Å². The lowest BCUT2D eigenvalue weighted by atomic mass is 10.0. The molecule has 4 nitrogen and oxygen atoms in total. The van der Waals surface area contributed by atoms with Crippen molar-refractivity contribution in [1.29, 1.82) is 0 Å². The Morgan fingerprint density at radius 2 is 1.75 bits per heavy atom. The van der Waals surface area contributed by atoms with Crippen molar-refractivity contribution in [3.05, 3.63) is 23.8 Å². The second-order valence-corrected chi connectivity index (χ2v) is 6.68. The Balaban J connectivity index is 2.06. The highest BCUT2D eigenvalue weighted by atomic mass is 16.3. The number of aromatic hydroxyl groups is 1. The van der Waals surface area contributed by atoms with Gasteiger partial charge in [0.05, 0.1) is 0 Å². The van der Waals surface area contributed by atoms with E-state index in [1.54, 1.807) is 0 Å². The Kier molecular flexibility index (Phi) is 4.25. The largest absolute Gasteiger partial charge is 0.508 e. The fraction of sp³-hybridized carbons (Fsp3) is 0.625. The molecule has 1 saturated heterocycles. The molecule has 1 aromatic rings. The molecule has 3 N–H and O–H groups in total. The van der Waals surface area contributed by atoms with E-state index in [0.29, 0.717) is 5.75 Å². The van der Waals surface area contributed by atoms with Crippen molar-refractivity contribution in [2.45, 2.75) is 39.3 Å². The van der Waals surface area contributed by atoms with Gasteiger partial charge in [-0.1, -0.05) is 6.07 Å². The molecule has 1 aliphatic heterocycles. The smallest absolute Gasteiger partial charge is 0.122 e. The van der Waals surface area contributed by atoms with Crippen LogP contribution >= 0.6 is 0 Å². The lowest BCUT2D eigenvalue weighted by Gasteiger charge is -2.43. The SMILES string of the molecule is CC(N)c1ccc(N2CCN(C(C)(C)C)CC2)cc1O. The first-order valence-electron chi connectivity index (χ1n) is 7.37. The molecule has 0 aliphatic carbocycles. The van der Waals surface area contributed by atoms with Crippen LogP contribution in [0.3, 0.4) is 0 Å². The predicted molar refractivity (Wildman–Crippen MR) is 84.2 cm³/mol. The van der Waals surface area contributed by atoms with Gasteiger partial charge in [-0.05, 0) is 33.8 Å². The zero-order valence-corrected chi connectivity index (χ0v) is 13.1. The van der Waals surface area contributed by atoms with E-state index in [1.807, 2.05) is 19.1 Å². The van der Waals surface area contributed by atoms with Gasteiger partial charge in [0, 0.05) is 55.1 Å². The van der Waals surface area contributed by atoms with E-state index < -0.39 is 0 Å². The number of hydrogen-bond donors (Lipinski definition) is 2. The highest BCUT2D eigenvalue weighted by molar-refractivity contribution is 5.54. The van der Waals surface area contributed by atoms with Gasteiger partial charge in [-0.3, -0.25) is 4.90 Å². The van der Waals surface area contributed by atoms with E-state index in [-0.39, 0.29) is 11.6 Å². The number of nitrogens with zero attached hydrogens (tertiary/aromatic N) is 2. The average Bonchev–Trinajstić information content (AvgIpc) is 2.37. The third-order valence-electron chi connectivity index (χ3n) is 4.10. The van der Waals surface area contributed by atoms with Crippen molar-refractivity contribution < 1.29 is 5.11 Å². The summed E-state index contributed by atoms with van der Waals surface area (Å²) in [6, 6.07) is 5.70. The van der Waals surface area contributed by atoms with Crippen LogP contribution in [0.1, 0.15) is 39.3 Å². The summed E-state index contributed by atoms with van der Waals surface area (Å²) < 4.78 is 0. The Hall–Kier alpha value is -1.26. The molecule has 4 heteroatoms. The standard InChI is InChI=1S/C16H27N3O/c1-12(17)14-6-5-13(11-15(14)20)18-7-9-19(10-8-18)16(2,3)4/h5-6,11-12,20H,7-10,17H2,1-4H3. The van der Waals surface area contributed by atoms with Crippen LogP contribution in [0.25, 0.3) is 0 Å². The van der Waals surface area contributed by atoms with E-state index in [1.165, 1.54) is 0 Å². The molecule has 0 amide bonds. The lowest BCUT2D eigenvalue weighted by Crippen LogP contribution is -2.53. The fourth-order valence-electron chi connectivity index (χ4n) is 2.75. The summed E-state index contributed by atoms with van der Waals surface area (Å²) in [5.74, 6) is 0.302. The Morgan fingerprint density at radius 1 is 1.15 bits per heavy atom. The summed E-state index contributed by atoms with van der Waals surface area (Å²) in [6.45, 7) is 12.8. The zero-order valence-electron chi connectivity index (χ0n) is 13.1. The van der Waals surface area contributed by atoms with Crippen LogP contribution in [-0.2, 0) is 0 Å². The zero-order chi connectivity index (χ0) is 14.9. The molecule has 20 heavy (non-hydrogen) atoms. The third kappa shape index (κ3) is 3.25. The molecule has 1 unspecified atom stereocenters. The van der Waals surface area contributed by atoms with E-state index in [2.05, 4.69) is 36.6 Å². The summed E-state index contributed by atoms with van der Waals surface area (Å²) in [6.07, 6.45) is 0. The number of rotatable bonds is 2. The Morgan fingerprint density at radius 3 is 2.20 bits per heavy atom. The van der Waals surface area contributed by atoms with Gasteiger partial charge in [0.25, 0.3) is 0 Å². The van der Waals surface area contributed by atoms with Gasteiger partial charge in [-0.2, -0.15) is 0 Å². The van der Waals surface area contributed by atoms with Crippen LogP contribution in [0.2, 0.25) is 0 Å². The van der Waals surface area contributed by atoms with Gasteiger partial charge in [0.15, 0.2) is 0 Å². The van der Waals surface area contributed by atoms with Gasteiger partial charge in [-0.15, -0.1) is 0 Å². The third-order valence-corrected chi connectivity index (χ3v) is 4.10. The highest BCUT2D eigenvalue weighted by Crippen LogP contribution is 2.29. The molecule has 2 rings (SSSR count). The molecule has 0 spiro atoms. The number of phenolic OH excluding ortho intramolecular Hbond substituents is 1. The van der Waals surface area contributed by atoms with E-state index in [9.17, 15) is 5.11 Å². The number of nitrogens with two attached hydrogens (primary N) is 1. The van der Waals surface area contributed by atoms with Gasteiger partial charge in [0.1, 0.15) is 5.75 Å². The van der Waals surface area contributed by atoms with Crippen LogP contribution in [0.15, 0.2) is 18.2 Å². The molecule has 0 aromatic heterocycles. The van der Waals surface area contributed by atoms with Crippen LogP contribution < -0.4 is 10.6 Å². The van der Waals surface area contributed by atoms with Crippen LogP contribution in [0.4, 0.5) is 5.69 Å². The molecule has 0 radical (unpaired) electrons. The maximum absolute atomic E-state index is 10.1. The maximum atomic E-state index is 10.1. The number of piperazine rings is 1. The van der Waals surface area contributed by atoms with Gasteiger partial charge >= 0.3 is 0 Å².